The second-order valence-electron chi connectivity index (χ2n) is 5.87. The lowest BCUT2D eigenvalue weighted by molar-refractivity contribution is 0.242. The van der Waals surface area contributed by atoms with Gasteiger partial charge in [-0.1, -0.05) is 25.9 Å². The lowest BCUT2D eigenvalue weighted by atomic mass is 9.93. The highest BCUT2D eigenvalue weighted by molar-refractivity contribution is 6.00. The molecule has 0 aliphatic carbocycles. The summed E-state index contributed by atoms with van der Waals surface area (Å²) >= 11 is 0. The summed E-state index contributed by atoms with van der Waals surface area (Å²) in [6.45, 7) is 10.8. The zero-order valence-electron chi connectivity index (χ0n) is 12.3. The quantitative estimate of drug-likeness (QED) is 0.379. The molecule has 5 heteroatoms. The number of aromatic nitrogens is 1. The van der Waals surface area contributed by atoms with E-state index < -0.39 is 0 Å². The Balaban J connectivity index is 2.99. The molecule has 5 nitrogen and oxygen atoms in total. The largest absolute Gasteiger partial charge is 0.493 e. The topological polar surface area (TPSA) is 80.7 Å². The van der Waals surface area contributed by atoms with Gasteiger partial charge in [-0.2, -0.15) is 0 Å². The second kappa shape index (κ2) is 5.91. The molecule has 0 atom stereocenters. The summed E-state index contributed by atoms with van der Waals surface area (Å²) in [7, 11) is 0. The van der Waals surface area contributed by atoms with Gasteiger partial charge in [0.15, 0.2) is 5.84 Å². The fourth-order valence-corrected chi connectivity index (χ4v) is 1.74. The molecule has 0 saturated heterocycles. The molecular weight excluding hydrogens is 242 g/mol. The molecule has 106 valence electrons. The van der Waals surface area contributed by atoms with Crippen molar-refractivity contribution in [3.63, 3.8) is 0 Å². The van der Waals surface area contributed by atoms with Gasteiger partial charge >= 0.3 is 0 Å². The number of hydrogen-bond acceptors (Lipinski definition) is 4. The lowest BCUT2D eigenvalue weighted by Gasteiger charge is -2.19. The van der Waals surface area contributed by atoms with Crippen molar-refractivity contribution in [2.75, 3.05) is 6.61 Å². The highest BCUT2D eigenvalue weighted by Gasteiger charge is 2.16. The minimum atomic E-state index is 0.0239. The predicted molar refractivity (Wildman–Crippen MR) is 75.8 cm³/mol. The minimum absolute atomic E-state index is 0.0239. The highest BCUT2D eigenvalue weighted by Crippen LogP contribution is 2.24. The van der Waals surface area contributed by atoms with Crippen LogP contribution in [0, 0.1) is 19.3 Å². The predicted octanol–water partition coefficient (Wildman–Crippen LogP) is 2.61. The van der Waals surface area contributed by atoms with Gasteiger partial charge in [0.1, 0.15) is 5.75 Å². The van der Waals surface area contributed by atoms with Crippen molar-refractivity contribution >= 4 is 5.84 Å². The van der Waals surface area contributed by atoms with Gasteiger partial charge in [-0.25, -0.2) is 0 Å². The van der Waals surface area contributed by atoms with Crippen molar-refractivity contribution in [1.29, 1.82) is 0 Å². The van der Waals surface area contributed by atoms with Crippen molar-refractivity contribution in [2.24, 2.45) is 16.3 Å². The van der Waals surface area contributed by atoms with Crippen LogP contribution >= 0.6 is 0 Å². The average Bonchev–Trinajstić information content (AvgIpc) is 2.25. The van der Waals surface area contributed by atoms with E-state index in [-0.39, 0.29) is 11.3 Å². The van der Waals surface area contributed by atoms with Crippen LogP contribution in [-0.2, 0) is 0 Å². The molecule has 0 bridgehead atoms. The average molecular weight is 265 g/mol. The molecule has 0 fully saturated rings. The van der Waals surface area contributed by atoms with Crippen molar-refractivity contribution in [3.8, 4) is 5.75 Å². The van der Waals surface area contributed by atoms with Crippen LogP contribution in [0.3, 0.4) is 0 Å². The first-order chi connectivity index (χ1) is 8.74. The van der Waals surface area contributed by atoms with E-state index >= 15 is 0 Å². The van der Waals surface area contributed by atoms with Crippen LogP contribution in [0.1, 0.15) is 44.1 Å². The summed E-state index contributed by atoms with van der Waals surface area (Å²) in [5, 5.41) is 11.9. The molecule has 0 radical (unpaired) electrons. The molecule has 0 aliphatic rings. The smallest absolute Gasteiger partial charge is 0.175 e. The lowest BCUT2D eigenvalue weighted by Crippen LogP contribution is -2.19. The minimum Gasteiger partial charge on any atom is -0.493 e. The third-order valence-corrected chi connectivity index (χ3v) is 2.77. The Morgan fingerprint density at radius 3 is 2.58 bits per heavy atom. The van der Waals surface area contributed by atoms with Crippen molar-refractivity contribution in [3.05, 3.63) is 23.0 Å². The summed E-state index contributed by atoms with van der Waals surface area (Å²) in [4.78, 5) is 4.31. The van der Waals surface area contributed by atoms with Crippen molar-refractivity contribution < 1.29 is 9.94 Å². The van der Waals surface area contributed by atoms with Crippen LogP contribution in [-0.4, -0.2) is 22.6 Å². The van der Waals surface area contributed by atoms with E-state index in [9.17, 15) is 0 Å². The number of rotatable bonds is 4. The molecular formula is C14H23N3O2. The molecule has 1 aromatic rings. The van der Waals surface area contributed by atoms with E-state index in [2.05, 4.69) is 30.9 Å². The summed E-state index contributed by atoms with van der Waals surface area (Å²) in [5.41, 5.74) is 7.98. The third-order valence-electron chi connectivity index (χ3n) is 2.77. The first-order valence-corrected chi connectivity index (χ1v) is 6.33. The van der Waals surface area contributed by atoms with Gasteiger partial charge in [0.05, 0.1) is 17.9 Å². The van der Waals surface area contributed by atoms with Crippen molar-refractivity contribution in [1.82, 2.24) is 4.98 Å². The van der Waals surface area contributed by atoms with E-state index in [1.54, 1.807) is 0 Å². The number of pyridine rings is 1. The molecule has 0 saturated carbocycles. The number of oxime groups is 1. The number of nitrogens with zero attached hydrogens (tertiary/aromatic N) is 2. The van der Waals surface area contributed by atoms with Gasteiger partial charge < -0.3 is 15.7 Å². The van der Waals surface area contributed by atoms with Gasteiger partial charge in [-0.3, -0.25) is 4.98 Å². The van der Waals surface area contributed by atoms with Crippen LogP contribution in [0.25, 0.3) is 0 Å². The van der Waals surface area contributed by atoms with Crippen molar-refractivity contribution in [2.45, 2.75) is 41.0 Å². The molecule has 3 N–H and O–H groups in total. The Morgan fingerprint density at radius 2 is 2.05 bits per heavy atom. The Morgan fingerprint density at radius 1 is 1.42 bits per heavy atom. The Hall–Kier alpha value is -1.78. The molecule has 0 aromatic carbocycles. The van der Waals surface area contributed by atoms with E-state index in [0.717, 1.165) is 12.1 Å². The van der Waals surface area contributed by atoms with Crippen LogP contribution < -0.4 is 10.5 Å². The molecule has 0 amide bonds. The van der Waals surface area contributed by atoms with Gasteiger partial charge in [0.25, 0.3) is 0 Å². The summed E-state index contributed by atoms with van der Waals surface area (Å²) in [5.74, 6) is 0.639. The number of nitrogens with two attached hydrogens (primary N) is 1. The Labute approximate surface area is 114 Å². The molecule has 0 aliphatic heterocycles. The SMILES string of the molecule is Cc1cc(OCCC(C)(C)C)c(/C(N)=N/O)c(C)n1. The van der Waals surface area contributed by atoms with E-state index in [4.69, 9.17) is 15.7 Å². The molecule has 1 rings (SSSR count). The monoisotopic (exact) mass is 265 g/mol. The van der Waals surface area contributed by atoms with E-state index in [0.29, 0.717) is 23.6 Å². The number of aryl methyl sites for hydroxylation is 2. The maximum absolute atomic E-state index is 8.84. The maximum Gasteiger partial charge on any atom is 0.175 e. The molecule has 1 aromatic heterocycles. The molecule has 0 unspecified atom stereocenters. The number of ether oxygens (including phenoxy) is 1. The fraction of sp³-hybridized carbons (Fsp3) is 0.571. The van der Waals surface area contributed by atoms with Gasteiger partial charge in [0, 0.05) is 11.8 Å². The Kier molecular flexibility index (Phi) is 4.75. The van der Waals surface area contributed by atoms with Crippen LogP contribution in [0.5, 0.6) is 5.75 Å². The van der Waals surface area contributed by atoms with Crippen LogP contribution in [0.15, 0.2) is 11.2 Å². The Bertz CT molecular complexity index is 476. The number of hydrogen-bond donors (Lipinski definition) is 2. The maximum atomic E-state index is 8.84. The highest BCUT2D eigenvalue weighted by atomic mass is 16.5. The second-order valence-corrected chi connectivity index (χ2v) is 5.87. The van der Waals surface area contributed by atoms with Gasteiger partial charge in [-0.15, -0.1) is 0 Å². The zero-order chi connectivity index (χ0) is 14.6. The normalized spacial score (nSPS) is 12.6. The van der Waals surface area contributed by atoms with Crippen LogP contribution in [0.2, 0.25) is 0 Å². The molecule has 1 heterocycles. The first-order valence-electron chi connectivity index (χ1n) is 6.33. The third kappa shape index (κ3) is 4.43. The first kappa shape index (κ1) is 15.3. The summed E-state index contributed by atoms with van der Waals surface area (Å²) in [6.07, 6.45) is 0.920. The summed E-state index contributed by atoms with van der Waals surface area (Å²) < 4.78 is 5.79. The summed E-state index contributed by atoms with van der Waals surface area (Å²) in [6, 6.07) is 1.81. The van der Waals surface area contributed by atoms with Gasteiger partial charge in [-0.05, 0) is 25.7 Å². The molecule has 19 heavy (non-hydrogen) atoms. The van der Waals surface area contributed by atoms with Gasteiger partial charge in [0.2, 0.25) is 0 Å². The zero-order valence-corrected chi connectivity index (χ0v) is 12.3. The molecule has 0 spiro atoms. The van der Waals surface area contributed by atoms with E-state index in [1.165, 1.54) is 0 Å². The fourth-order valence-electron chi connectivity index (χ4n) is 1.74. The standard InChI is InChI=1S/C14H23N3O2/c1-9-8-11(19-7-6-14(3,4)5)12(10(2)16-9)13(15)17-18/h8,18H,6-7H2,1-5H3,(H2,15,17). The van der Waals surface area contributed by atoms with Crippen LogP contribution in [0.4, 0.5) is 0 Å². The van der Waals surface area contributed by atoms with E-state index in [1.807, 2.05) is 19.9 Å². The number of amidine groups is 1.